The summed E-state index contributed by atoms with van der Waals surface area (Å²) in [5.74, 6) is 1.79. The molecule has 30 heavy (non-hydrogen) atoms. The van der Waals surface area contributed by atoms with E-state index in [1.807, 2.05) is 48.0 Å². The maximum absolute atomic E-state index is 12.8. The highest BCUT2D eigenvalue weighted by Gasteiger charge is 2.30. The van der Waals surface area contributed by atoms with E-state index in [1.165, 1.54) is 5.56 Å². The van der Waals surface area contributed by atoms with Gasteiger partial charge in [-0.05, 0) is 29.2 Å². The molecule has 0 atom stereocenters. The van der Waals surface area contributed by atoms with Crippen LogP contribution in [0.2, 0.25) is 0 Å². The van der Waals surface area contributed by atoms with Crippen molar-refractivity contribution in [2.75, 3.05) is 4.90 Å². The van der Waals surface area contributed by atoms with Gasteiger partial charge in [0.15, 0.2) is 5.82 Å². The van der Waals surface area contributed by atoms with Crippen LogP contribution in [-0.4, -0.2) is 25.4 Å². The summed E-state index contributed by atoms with van der Waals surface area (Å²) in [6, 6.07) is 14.3. The second kappa shape index (κ2) is 7.06. The maximum Gasteiger partial charge on any atom is 0.233 e. The number of anilines is 1. The lowest BCUT2D eigenvalue weighted by Gasteiger charge is -2.18. The largest absolute Gasteiger partial charge is 0.334 e. The molecule has 1 aliphatic heterocycles. The molecule has 0 fully saturated rings. The van der Waals surface area contributed by atoms with Crippen LogP contribution in [0.1, 0.15) is 36.5 Å². The SMILES string of the molecule is CC(C)c1ccccc1-c1ncc2c(n1)N(Cc1ccc3c(c1)ncn3C)C(=O)C2. The zero-order valence-corrected chi connectivity index (χ0v) is 17.3. The lowest BCUT2D eigenvalue weighted by molar-refractivity contribution is -0.117. The standard InChI is InChI=1S/C24H23N5O/c1-15(2)18-6-4-5-7-19(18)23-25-12-17-11-22(30)29(24(17)27-23)13-16-8-9-21-20(10-16)26-14-28(21)3/h4-10,12,14-15H,11,13H2,1-3H3. The minimum Gasteiger partial charge on any atom is -0.334 e. The van der Waals surface area contributed by atoms with E-state index in [2.05, 4.69) is 29.9 Å². The third kappa shape index (κ3) is 3.05. The first kappa shape index (κ1) is 18.5. The van der Waals surface area contributed by atoms with E-state index in [-0.39, 0.29) is 5.91 Å². The van der Waals surface area contributed by atoms with Gasteiger partial charge in [0, 0.05) is 24.4 Å². The summed E-state index contributed by atoms with van der Waals surface area (Å²) in [6.07, 6.45) is 3.94. The molecule has 0 saturated heterocycles. The fourth-order valence-electron chi connectivity index (χ4n) is 4.09. The number of amides is 1. The Morgan fingerprint density at radius 1 is 1.10 bits per heavy atom. The molecule has 3 heterocycles. The van der Waals surface area contributed by atoms with Gasteiger partial charge in [-0.25, -0.2) is 15.0 Å². The number of rotatable bonds is 4. The predicted molar refractivity (Wildman–Crippen MR) is 117 cm³/mol. The number of hydrogen-bond acceptors (Lipinski definition) is 4. The Kier molecular flexibility index (Phi) is 4.35. The van der Waals surface area contributed by atoms with Crippen molar-refractivity contribution in [2.45, 2.75) is 32.7 Å². The van der Waals surface area contributed by atoms with Crippen LogP contribution >= 0.6 is 0 Å². The first-order valence-corrected chi connectivity index (χ1v) is 10.2. The smallest absolute Gasteiger partial charge is 0.233 e. The highest BCUT2D eigenvalue weighted by Crippen LogP contribution is 2.32. The highest BCUT2D eigenvalue weighted by molar-refractivity contribution is 6.00. The molecule has 6 nitrogen and oxygen atoms in total. The Morgan fingerprint density at radius 2 is 1.93 bits per heavy atom. The third-order valence-corrected chi connectivity index (χ3v) is 5.69. The van der Waals surface area contributed by atoms with Gasteiger partial charge in [-0.1, -0.05) is 44.2 Å². The first-order chi connectivity index (χ1) is 14.5. The van der Waals surface area contributed by atoms with Gasteiger partial charge in [-0.15, -0.1) is 0 Å². The van der Waals surface area contributed by atoms with E-state index in [4.69, 9.17) is 4.98 Å². The van der Waals surface area contributed by atoms with Crippen LogP contribution in [0.15, 0.2) is 55.0 Å². The van der Waals surface area contributed by atoms with Crippen LogP contribution in [0, 0.1) is 0 Å². The predicted octanol–water partition coefficient (Wildman–Crippen LogP) is 4.24. The number of aryl methyl sites for hydroxylation is 1. The minimum absolute atomic E-state index is 0.0507. The fourth-order valence-corrected chi connectivity index (χ4v) is 4.09. The van der Waals surface area contributed by atoms with E-state index in [0.717, 1.165) is 27.7 Å². The minimum atomic E-state index is 0.0507. The lowest BCUT2D eigenvalue weighted by Crippen LogP contribution is -2.26. The number of carbonyl (C=O) groups is 1. The van der Waals surface area contributed by atoms with Crippen molar-refractivity contribution >= 4 is 22.8 Å². The summed E-state index contributed by atoms with van der Waals surface area (Å²) in [5, 5.41) is 0. The van der Waals surface area contributed by atoms with Crippen LogP contribution < -0.4 is 4.90 Å². The van der Waals surface area contributed by atoms with Crippen LogP contribution in [0.25, 0.3) is 22.4 Å². The molecular formula is C24H23N5O. The normalized spacial score (nSPS) is 13.5. The molecule has 1 amide bonds. The Hall–Kier alpha value is -3.54. The van der Waals surface area contributed by atoms with Crippen LogP contribution in [0.3, 0.4) is 0 Å². The van der Waals surface area contributed by atoms with Crippen molar-refractivity contribution in [3.8, 4) is 11.4 Å². The quantitative estimate of drug-likeness (QED) is 0.517. The first-order valence-electron chi connectivity index (χ1n) is 10.2. The van der Waals surface area contributed by atoms with Gasteiger partial charge in [0.05, 0.1) is 30.3 Å². The summed E-state index contributed by atoms with van der Waals surface area (Å²) in [6.45, 7) is 4.80. The van der Waals surface area contributed by atoms with E-state index in [0.29, 0.717) is 30.5 Å². The van der Waals surface area contributed by atoms with Gasteiger partial charge in [-0.3, -0.25) is 9.69 Å². The van der Waals surface area contributed by atoms with Gasteiger partial charge < -0.3 is 4.57 Å². The Balaban J connectivity index is 1.52. The van der Waals surface area contributed by atoms with Crippen molar-refractivity contribution in [1.82, 2.24) is 19.5 Å². The van der Waals surface area contributed by atoms with E-state index in [9.17, 15) is 4.79 Å². The van der Waals surface area contributed by atoms with E-state index < -0.39 is 0 Å². The summed E-state index contributed by atoms with van der Waals surface area (Å²) in [5.41, 5.74) is 6.13. The molecule has 6 heteroatoms. The average Bonchev–Trinajstić information content (AvgIpc) is 3.27. The number of nitrogens with zero attached hydrogens (tertiary/aromatic N) is 5. The zero-order valence-electron chi connectivity index (χ0n) is 17.3. The van der Waals surface area contributed by atoms with Gasteiger partial charge in [0.1, 0.15) is 5.82 Å². The summed E-state index contributed by atoms with van der Waals surface area (Å²) < 4.78 is 1.99. The molecule has 4 aromatic rings. The second-order valence-corrected chi connectivity index (χ2v) is 8.12. The number of aromatic nitrogens is 4. The molecule has 2 aromatic carbocycles. The Labute approximate surface area is 175 Å². The maximum atomic E-state index is 12.8. The lowest BCUT2D eigenvalue weighted by atomic mass is 9.97. The monoisotopic (exact) mass is 397 g/mol. The molecule has 0 bridgehead atoms. The summed E-state index contributed by atoms with van der Waals surface area (Å²) >= 11 is 0. The van der Waals surface area contributed by atoms with Crippen molar-refractivity contribution < 1.29 is 4.79 Å². The molecule has 2 aromatic heterocycles. The van der Waals surface area contributed by atoms with E-state index in [1.54, 1.807) is 17.4 Å². The van der Waals surface area contributed by atoms with E-state index >= 15 is 0 Å². The Morgan fingerprint density at radius 3 is 2.77 bits per heavy atom. The molecule has 5 rings (SSSR count). The second-order valence-electron chi connectivity index (χ2n) is 8.12. The molecule has 0 saturated carbocycles. The molecule has 0 radical (unpaired) electrons. The molecule has 0 spiro atoms. The highest BCUT2D eigenvalue weighted by atomic mass is 16.2. The topological polar surface area (TPSA) is 63.9 Å². The summed E-state index contributed by atoms with van der Waals surface area (Å²) in [4.78, 5) is 28.4. The zero-order chi connectivity index (χ0) is 20.8. The molecule has 150 valence electrons. The van der Waals surface area contributed by atoms with Gasteiger partial charge >= 0.3 is 0 Å². The van der Waals surface area contributed by atoms with Crippen LogP contribution in [-0.2, 0) is 24.8 Å². The van der Waals surface area contributed by atoms with Crippen molar-refractivity contribution in [3.63, 3.8) is 0 Å². The number of fused-ring (bicyclic) bond motifs is 2. The molecule has 1 aliphatic rings. The van der Waals surface area contributed by atoms with Crippen LogP contribution in [0.5, 0.6) is 0 Å². The van der Waals surface area contributed by atoms with Crippen molar-refractivity contribution in [2.24, 2.45) is 7.05 Å². The Bertz CT molecular complexity index is 1270. The van der Waals surface area contributed by atoms with Crippen molar-refractivity contribution in [3.05, 3.63) is 71.7 Å². The number of benzene rings is 2. The third-order valence-electron chi connectivity index (χ3n) is 5.69. The fraction of sp³-hybridized carbons (Fsp3) is 0.250. The van der Waals surface area contributed by atoms with Gasteiger partial charge in [0.25, 0.3) is 0 Å². The number of hydrogen-bond donors (Lipinski definition) is 0. The number of imidazole rings is 1. The summed E-state index contributed by atoms with van der Waals surface area (Å²) in [7, 11) is 1.97. The van der Waals surface area contributed by atoms with Crippen molar-refractivity contribution in [1.29, 1.82) is 0 Å². The molecule has 0 aliphatic carbocycles. The number of carbonyl (C=O) groups excluding carboxylic acids is 1. The molecule has 0 N–H and O–H groups in total. The average molecular weight is 397 g/mol. The molecule has 0 unspecified atom stereocenters. The van der Waals surface area contributed by atoms with Crippen LogP contribution in [0.4, 0.5) is 5.82 Å². The van der Waals surface area contributed by atoms with Gasteiger partial charge in [0.2, 0.25) is 5.91 Å². The molecular weight excluding hydrogens is 374 g/mol. The van der Waals surface area contributed by atoms with Gasteiger partial charge in [-0.2, -0.15) is 0 Å².